The minimum atomic E-state index is 0.111. The Bertz CT molecular complexity index is 986. The number of nitrogen functional groups attached to an aromatic ring is 1. The quantitative estimate of drug-likeness (QED) is 0.706. The molecule has 172 valence electrons. The summed E-state index contributed by atoms with van der Waals surface area (Å²) in [6.07, 6.45) is 3.79. The van der Waals surface area contributed by atoms with Gasteiger partial charge in [0.1, 0.15) is 0 Å². The number of piperazine rings is 1. The van der Waals surface area contributed by atoms with Crippen LogP contribution in [0.1, 0.15) is 55.8 Å². The van der Waals surface area contributed by atoms with E-state index in [1.807, 2.05) is 4.90 Å². The number of hydrogen-bond donors (Lipinski definition) is 1. The largest absolute Gasteiger partial charge is 0.396 e. The second-order valence-electron chi connectivity index (χ2n) is 9.14. The Balaban J connectivity index is 1.66. The van der Waals surface area contributed by atoms with Crippen molar-refractivity contribution in [3.05, 3.63) is 41.1 Å². The van der Waals surface area contributed by atoms with Crippen LogP contribution >= 0.6 is 0 Å². The Hall–Kier alpha value is -2.60. The lowest BCUT2D eigenvalue weighted by Crippen LogP contribution is -2.54. The molecule has 2 aromatic rings. The Kier molecular flexibility index (Phi) is 6.70. The van der Waals surface area contributed by atoms with Gasteiger partial charge in [0.05, 0.1) is 24.4 Å². The number of amides is 1. The molecule has 1 aromatic carbocycles. The number of ether oxygens (including phenoxy) is 1. The molecule has 1 atom stereocenters. The van der Waals surface area contributed by atoms with Crippen LogP contribution in [0.15, 0.2) is 24.3 Å². The van der Waals surface area contributed by atoms with Gasteiger partial charge in [0, 0.05) is 44.3 Å². The van der Waals surface area contributed by atoms with E-state index in [9.17, 15) is 4.79 Å². The molecule has 6 nitrogen and oxygen atoms in total. The van der Waals surface area contributed by atoms with E-state index in [0.717, 1.165) is 36.6 Å². The van der Waals surface area contributed by atoms with Gasteiger partial charge in [-0.25, -0.2) is 4.98 Å². The summed E-state index contributed by atoms with van der Waals surface area (Å²) < 4.78 is 5.08. The summed E-state index contributed by atoms with van der Waals surface area (Å²) in [5, 5.41) is 0. The number of nitrogens with two attached hydrogens (primary N) is 1. The highest BCUT2D eigenvalue weighted by atomic mass is 16.5. The van der Waals surface area contributed by atoms with Crippen LogP contribution in [-0.2, 0) is 16.0 Å². The summed E-state index contributed by atoms with van der Waals surface area (Å²) in [6, 6.07) is 8.74. The van der Waals surface area contributed by atoms with E-state index in [0.29, 0.717) is 25.5 Å². The predicted molar refractivity (Wildman–Crippen MR) is 130 cm³/mol. The molecule has 2 fully saturated rings. The third-order valence-electron chi connectivity index (χ3n) is 6.90. The summed E-state index contributed by atoms with van der Waals surface area (Å²) in [6.45, 7) is 9.08. The minimum absolute atomic E-state index is 0.111. The number of pyridine rings is 1. The van der Waals surface area contributed by atoms with Crippen LogP contribution in [0.2, 0.25) is 0 Å². The normalized spacial score (nSPS) is 18.8. The number of carbonyl (C=O) groups is 1. The van der Waals surface area contributed by atoms with Gasteiger partial charge < -0.3 is 20.3 Å². The fraction of sp³-hybridized carbons (Fsp3) is 0.538. The first-order valence-corrected chi connectivity index (χ1v) is 11.9. The van der Waals surface area contributed by atoms with E-state index in [2.05, 4.69) is 49.9 Å². The Morgan fingerprint density at radius 2 is 2.00 bits per heavy atom. The molecule has 1 aliphatic heterocycles. The van der Waals surface area contributed by atoms with E-state index >= 15 is 0 Å². The molecule has 2 N–H and O–H groups in total. The molecule has 0 radical (unpaired) electrons. The molecular weight excluding hydrogens is 400 g/mol. The number of aryl methyl sites for hydroxylation is 1. The molecule has 1 saturated carbocycles. The van der Waals surface area contributed by atoms with Gasteiger partial charge >= 0.3 is 0 Å². The molecule has 0 unspecified atom stereocenters. The molecule has 32 heavy (non-hydrogen) atoms. The van der Waals surface area contributed by atoms with Crippen LogP contribution in [0, 0.1) is 6.92 Å². The van der Waals surface area contributed by atoms with Crippen molar-refractivity contribution in [2.24, 2.45) is 0 Å². The van der Waals surface area contributed by atoms with Crippen molar-refractivity contribution in [1.82, 2.24) is 9.88 Å². The van der Waals surface area contributed by atoms with Gasteiger partial charge in [0.25, 0.3) is 0 Å². The minimum Gasteiger partial charge on any atom is -0.396 e. The van der Waals surface area contributed by atoms with Crippen molar-refractivity contribution >= 4 is 17.4 Å². The summed E-state index contributed by atoms with van der Waals surface area (Å²) >= 11 is 0. The van der Waals surface area contributed by atoms with Crippen molar-refractivity contribution in [3.63, 3.8) is 0 Å². The highest BCUT2D eigenvalue weighted by molar-refractivity contribution is 5.83. The van der Waals surface area contributed by atoms with Crippen molar-refractivity contribution in [3.8, 4) is 11.1 Å². The van der Waals surface area contributed by atoms with Crippen LogP contribution < -0.4 is 10.6 Å². The fourth-order valence-electron chi connectivity index (χ4n) is 4.88. The van der Waals surface area contributed by atoms with Crippen LogP contribution in [0.4, 0.5) is 11.5 Å². The van der Waals surface area contributed by atoms with Gasteiger partial charge in [-0.3, -0.25) is 4.79 Å². The first-order chi connectivity index (χ1) is 15.5. The monoisotopic (exact) mass is 436 g/mol. The fourth-order valence-corrected chi connectivity index (χ4v) is 4.88. The number of anilines is 2. The van der Waals surface area contributed by atoms with Gasteiger partial charge in [0.2, 0.25) is 5.91 Å². The maximum absolute atomic E-state index is 12.5. The molecule has 4 rings (SSSR count). The SMILES string of the molecule is CCc1ccccc1-c1c(C2CC2)nc(N2CCN(C(=O)CCOC)[C@H](C)C2)c(N)c1C. The Morgan fingerprint density at radius 1 is 1.25 bits per heavy atom. The van der Waals surface area contributed by atoms with Gasteiger partial charge in [-0.1, -0.05) is 31.2 Å². The number of aromatic nitrogens is 1. The molecular formula is C26H36N4O2. The Morgan fingerprint density at radius 3 is 2.66 bits per heavy atom. The number of hydrogen-bond acceptors (Lipinski definition) is 5. The van der Waals surface area contributed by atoms with Gasteiger partial charge in [0.15, 0.2) is 5.82 Å². The summed E-state index contributed by atoms with van der Waals surface area (Å²) in [7, 11) is 1.63. The van der Waals surface area contributed by atoms with E-state index in [-0.39, 0.29) is 11.9 Å². The molecule has 1 aromatic heterocycles. The number of nitrogens with zero attached hydrogens (tertiary/aromatic N) is 3. The number of methoxy groups -OCH3 is 1. The topological polar surface area (TPSA) is 71.7 Å². The van der Waals surface area contributed by atoms with E-state index in [1.165, 1.54) is 35.2 Å². The number of carbonyl (C=O) groups excluding carboxylic acids is 1. The first-order valence-electron chi connectivity index (χ1n) is 11.9. The van der Waals surface area contributed by atoms with E-state index in [4.69, 9.17) is 15.5 Å². The molecule has 2 aliphatic rings. The average Bonchev–Trinajstić information content (AvgIpc) is 3.64. The molecule has 1 saturated heterocycles. The van der Waals surface area contributed by atoms with E-state index < -0.39 is 0 Å². The zero-order valence-electron chi connectivity index (χ0n) is 19.9. The second-order valence-corrected chi connectivity index (χ2v) is 9.14. The lowest BCUT2D eigenvalue weighted by atomic mass is 9.91. The molecule has 6 heteroatoms. The zero-order valence-corrected chi connectivity index (χ0v) is 19.9. The lowest BCUT2D eigenvalue weighted by molar-refractivity contribution is -0.134. The van der Waals surface area contributed by atoms with Gasteiger partial charge in [-0.2, -0.15) is 0 Å². The predicted octanol–water partition coefficient (Wildman–Crippen LogP) is 4.15. The smallest absolute Gasteiger partial charge is 0.225 e. The van der Waals surface area contributed by atoms with Gasteiger partial charge in [-0.05, 0) is 49.8 Å². The highest BCUT2D eigenvalue weighted by Crippen LogP contribution is 2.48. The van der Waals surface area contributed by atoms with E-state index in [1.54, 1.807) is 7.11 Å². The van der Waals surface area contributed by atoms with Crippen LogP contribution in [0.5, 0.6) is 0 Å². The third-order valence-corrected chi connectivity index (χ3v) is 6.90. The van der Waals surface area contributed by atoms with Crippen LogP contribution in [-0.4, -0.2) is 55.2 Å². The second kappa shape index (κ2) is 9.49. The van der Waals surface area contributed by atoms with Crippen molar-refractivity contribution < 1.29 is 9.53 Å². The molecule has 2 heterocycles. The number of rotatable bonds is 7. The molecule has 1 aliphatic carbocycles. The third kappa shape index (κ3) is 4.33. The molecule has 0 bridgehead atoms. The van der Waals surface area contributed by atoms with Crippen LogP contribution in [0.3, 0.4) is 0 Å². The first kappa shape index (κ1) is 22.6. The maximum atomic E-state index is 12.5. The summed E-state index contributed by atoms with van der Waals surface area (Å²) in [5.41, 5.74) is 13.7. The maximum Gasteiger partial charge on any atom is 0.225 e. The van der Waals surface area contributed by atoms with Crippen molar-refractivity contribution in [2.75, 3.05) is 44.0 Å². The zero-order chi connectivity index (χ0) is 22.8. The summed E-state index contributed by atoms with van der Waals surface area (Å²) in [4.78, 5) is 22.0. The van der Waals surface area contributed by atoms with Crippen molar-refractivity contribution in [1.29, 1.82) is 0 Å². The molecule has 1 amide bonds. The van der Waals surface area contributed by atoms with Gasteiger partial charge in [-0.15, -0.1) is 0 Å². The van der Waals surface area contributed by atoms with Crippen LogP contribution in [0.25, 0.3) is 11.1 Å². The van der Waals surface area contributed by atoms with Crippen molar-refractivity contribution in [2.45, 2.75) is 58.4 Å². The summed E-state index contributed by atoms with van der Waals surface area (Å²) in [5.74, 6) is 1.56. The average molecular weight is 437 g/mol. The number of benzene rings is 1. The lowest BCUT2D eigenvalue weighted by Gasteiger charge is -2.41. The standard InChI is InChI=1S/C26H36N4O2/c1-5-19-8-6-7-9-21(19)23-18(3)24(27)26(28-25(23)20-10-11-20)29-13-14-30(17(2)16-29)22(31)12-15-32-4/h6-9,17,20H,5,10-16,27H2,1-4H3/t17-/m1/s1. The Labute approximate surface area is 191 Å². The highest BCUT2D eigenvalue weighted by Gasteiger charge is 2.34. The molecule has 0 spiro atoms.